The fraction of sp³-hybridized carbons (Fsp3) is 0. The average molecular weight is 263 g/mol. The molecule has 1 N–H and O–H groups in total. The second-order valence-corrected chi connectivity index (χ2v) is 4.23. The molecule has 0 radical (unpaired) electrons. The maximum absolute atomic E-state index is 5.82. The predicted octanol–water partition coefficient (Wildman–Crippen LogP) is 2.69. The molecule has 0 atom stereocenters. The normalized spacial score (nSPS) is 11.0. The number of aromatic nitrogens is 5. The van der Waals surface area contributed by atoms with Crippen LogP contribution in [0.1, 0.15) is 0 Å². The fourth-order valence-corrected chi connectivity index (χ4v) is 2.05. The van der Waals surface area contributed by atoms with Crippen molar-refractivity contribution in [3.63, 3.8) is 0 Å². The molecular weight excluding hydrogens is 254 g/mol. The highest BCUT2D eigenvalue weighted by Gasteiger charge is 2.07. The third kappa shape index (κ3) is 1.74. The van der Waals surface area contributed by atoms with Gasteiger partial charge in [-0.3, -0.25) is 9.97 Å². The number of nitrogens with zero attached hydrogens (tertiary/aromatic N) is 4. The highest BCUT2D eigenvalue weighted by atomic mass is 16.5. The van der Waals surface area contributed by atoms with E-state index in [2.05, 4.69) is 24.9 Å². The van der Waals surface area contributed by atoms with Gasteiger partial charge in [0.2, 0.25) is 5.88 Å². The zero-order valence-electron chi connectivity index (χ0n) is 10.3. The lowest BCUT2D eigenvalue weighted by Crippen LogP contribution is -1.91. The van der Waals surface area contributed by atoms with E-state index in [-0.39, 0.29) is 0 Å². The Balaban J connectivity index is 1.78. The van der Waals surface area contributed by atoms with E-state index < -0.39 is 0 Å². The third-order valence-corrected chi connectivity index (χ3v) is 2.97. The van der Waals surface area contributed by atoms with E-state index in [0.29, 0.717) is 11.6 Å². The highest BCUT2D eigenvalue weighted by Crippen LogP contribution is 2.27. The molecule has 6 heteroatoms. The second kappa shape index (κ2) is 4.27. The highest BCUT2D eigenvalue weighted by molar-refractivity contribution is 5.81. The number of H-pyrrole nitrogens is 1. The van der Waals surface area contributed by atoms with Gasteiger partial charge in [-0.05, 0) is 18.2 Å². The number of hydrogen-bond acceptors (Lipinski definition) is 5. The Morgan fingerprint density at radius 2 is 1.80 bits per heavy atom. The van der Waals surface area contributed by atoms with Crippen molar-refractivity contribution in [2.45, 2.75) is 0 Å². The first kappa shape index (κ1) is 10.9. The number of nitrogens with one attached hydrogen (secondary N) is 1. The van der Waals surface area contributed by atoms with Crippen LogP contribution in [0, 0.1) is 0 Å². The Kier molecular flexibility index (Phi) is 2.32. The van der Waals surface area contributed by atoms with Crippen molar-refractivity contribution in [1.29, 1.82) is 0 Å². The fourth-order valence-electron chi connectivity index (χ4n) is 2.05. The van der Waals surface area contributed by atoms with Gasteiger partial charge in [-0.25, -0.2) is 9.97 Å². The summed E-state index contributed by atoms with van der Waals surface area (Å²) >= 11 is 0. The Hall–Kier alpha value is -3.02. The van der Waals surface area contributed by atoms with Crippen LogP contribution >= 0.6 is 0 Å². The lowest BCUT2D eigenvalue weighted by Gasteiger charge is -2.05. The molecule has 0 saturated heterocycles. The topological polar surface area (TPSA) is 76.6 Å². The number of hydrogen-bond donors (Lipinski definition) is 1. The molecule has 0 spiro atoms. The molecule has 0 fully saturated rings. The van der Waals surface area contributed by atoms with Crippen molar-refractivity contribution in [3.8, 4) is 11.6 Å². The molecule has 0 amide bonds. The lowest BCUT2D eigenvalue weighted by molar-refractivity contribution is 0.469. The summed E-state index contributed by atoms with van der Waals surface area (Å²) in [6, 6.07) is 7.43. The summed E-state index contributed by atoms with van der Waals surface area (Å²) in [6.45, 7) is 0. The zero-order valence-corrected chi connectivity index (χ0v) is 10.3. The number of benzene rings is 1. The van der Waals surface area contributed by atoms with E-state index >= 15 is 0 Å². The molecule has 96 valence electrons. The Morgan fingerprint density at radius 1 is 0.900 bits per heavy atom. The molecule has 3 heterocycles. The van der Waals surface area contributed by atoms with Gasteiger partial charge < -0.3 is 9.72 Å². The van der Waals surface area contributed by atoms with Crippen molar-refractivity contribution in [3.05, 3.63) is 49.2 Å². The van der Waals surface area contributed by atoms with Gasteiger partial charge in [0.05, 0.1) is 16.4 Å². The summed E-state index contributed by atoms with van der Waals surface area (Å²) in [4.78, 5) is 19.8. The molecular formula is C14H9N5O. The van der Waals surface area contributed by atoms with Crippen LogP contribution in [0.5, 0.6) is 11.6 Å². The molecule has 1 aromatic carbocycles. The number of aromatic amines is 1. The number of rotatable bonds is 2. The van der Waals surface area contributed by atoms with Gasteiger partial charge in [-0.2, -0.15) is 0 Å². The van der Waals surface area contributed by atoms with Crippen LogP contribution in [-0.2, 0) is 0 Å². The van der Waals surface area contributed by atoms with Crippen molar-refractivity contribution in [2.75, 3.05) is 0 Å². The first-order valence-corrected chi connectivity index (χ1v) is 6.07. The smallest absolute Gasteiger partial charge is 0.231 e. The molecule has 0 bridgehead atoms. The summed E-state index contributed by atoms with van der Waals surface area (Å²) in [5.41, 5.74) is 2.36. The van der Waals surface area contributed by atoms with Crippen molar-refractivity contribution >= 4 is 22.1 Å². The standard InChI is InChI=1S/C14H9N5O/c1-2-11-12(16-6-5-15-11)7-9(1)20-14-10-3-4-17-13(10)18-8-19-14/h1-8H,(H,17,18,19). The van der Waals surface area contributed by atoms with Gasteiger partial charge in [0.25, 0.3) is 0 Å². The molecule has 0 unspecified atom stereocenters. The molecule has 6 nitrogen and oxygen atoms in total. The Morgan fingerprint density at radius 3 is 2.75 bits per heavy atom. The predicted molar refractivity (Wildman–Crippen MR) is 73.5 cm³/mol. The second-order valence-electron chi connectivity index (χ2n) is 4.23. The summed E-state index contributed by atoms with van der Waals surface area (Å²) in [5.74, 6) is 1.18. The Labute approximate surface area is 113 Å². The molecule has 4 aromatic rings. The van der Waals surface area contributed by atoms with E-state index in [0.717, 1.165) is 22.1 Å². The zero-order chi connectivity index (χ0) is 13.4. The molecule has 0 aliphatic carbocycles. The van der Waals surface area contributed by atoms with Gasteiger partial charge in [-0.1, -0.05) is 0 Å². The molecule has 0 aliphatic heterocycles. The minimum absolute atomic E-state index is 0.513. The van der Waals surface area contributed by atoms with Crippen LogP contribution in [0.25, 0.3) is 22.1 Å². The molecule has 0 aliphatic rings. The first-order chi connectivity index (χ1) is 9.90. The molecule has 3 aromatic heterocycles. The van der Waals surface area contributed by atoms with E-state index in [1.54, 1.807) is 18.6 Å². The minimum atomic E-state index is 0.513. The van der Waals surface area contributed by atoms with Crippen LogP contribution in [0.3, 0.4) is 0 Å². The monoisotopic (exact) mass is 263 g/mol. The molecule has 20 heavy (non-hydrogen) atoms. The van der Waals surface area contributed by atoms with Crippen molar-refractivity contribution in [2.24, 2.45) is 0 Å². The molecule has 4 rings (SSSR count). The van der Waals surface area contributed by atoms with Gasteiger partial charge in [-0.15, -0.1) is 0 Å². The quantitative estimate of drug-likeness (QED) is 0.601. The van der Waals surface area contributed by atoms with E-state index in [1.165, 1.54) is 6.33 Å². The van der Waals surface area contributed by atoms with Gasteiger partial charge >= 0.3 is 0 Å². The third-order valence-electron chi connectivity index (χ3n) is 2.97. The van der Waals surface area contributed by atoms with E-state index in [1.807, 2.05) is 24.3 Å². The van der Waals surface area contributed by atoms with Gasteiger partial charge in [0.15, 0.2) is 0 Å². The summed E-state index contributed by atoms with van der Waals surface area (Å²) in [6.07, 6.45) is 6.59. The van der Waals surface area contributed by atoms with E-state index in [4.69, 9.17) is 4.74 Å². The summed E-state index contributed by atoms with van der Waals surface area (Å²) in [5, 5.41) is 0.840. The average Bonchev–Trinajstić information content (AvgIpc) is 2.97. The molecule has 0 saturated carbocycles. The SMILES string of the molecule is c1cnc2cc(Oc3ncnc4[nH]ccc34)ccc2n1. The lowest BCUT2D eigenvalue weighted by atomic mass is 10.3. The van der Waals surface area contributed by atoms with Crippen LogP contribution in [0.4, 0.5) is 0 Å². The largest absolute Gasteiger partial charge is 0.438 e. The maximum atomic E-state index is 5.82. The van der Waals surface area contributed by atoms with Crippen molar-refractivity contribution < 1.29 is 4.74 Å². The minimum Gasteiger partial charge on any atom is -0.438 e. The summed E-state index contributed by atoms with van der Waals surface area (Å²) in [7, 11) is 0. The number of ether oxygens (including phenoxy) is 1. The van der Waals surface area contributed by atoms with Crippen LogP contribution in [0.2, 0.25) is 0 Å². The van der Waals surface area contributed by atoms with Gasteiger partial charge in [0.1, 0.15) is 17.7 Å². The summed E-state index contributed by atoms with van der Waals surface area (Å²) < 4.78 is 5.82. The first-order valence-electron chi connectivity index (χ1n) is 6.07. The Bertz CT molecular complexity index is 902. The van der Waals surface area contributed by atoms with Crippen molar-refractivity contribution in [1.82, 2.24) is 24.9 Å². The van der Waals surface area contributed by atoms with Crippen LogP contribution in [-0.4, -0.2) is 24.9 Å². The van der Waals surface area contributed by atoms with Gasteiger partial charge in [0, 0.05) is 24.7 Å². The number of fused-ring (bicyclic) bond motifs is 2. The maximum Gasteiger partial charge on any atom is 0.231 e. The van der Waals surface area contributed by atoms with E-state index in [9.17, 15) is 0 Å². The van der Waals surface area contributed by atoms with Crippen LogP contribution in [0.15, 0.2) is 49.2 Å². The van der Waals surface area contributed by atoms with Crippen LogP contribution < -0.4 is 4.74 Å².